The summed E-state index contributed by atoms with van der Waals surface area (Å²) in [7, 11) is -3.86. The standard InChI is InChI=1S/C24H26N2O5S/c1-2-30-16-15-25-24(27)20-9-6-10-23(17-20)32(28,29)26-21-11-13-22(14-12-21)31-18-19-7-4-3-5-8-19/h3-14,17,26H,2,15-16,18H2,1H3,(H,25,27). The molecule has 0 aliphatic rings. The van der Waals surface area contributed by atoms with Gasteiger partial charge in [-0.2, -0.15) is 0 Å². The Labute approximate surface area is 188 Å². The number of hydrogen-bond donors (Lipinski definition) is 2. The van der Waals surface area contributed by atoms with Gasteiger partial charge in [-0.25, -0.2) is 8.42 Å². The average molecular weight is 455 g/mol. The molecule has 0 aliphatic carbocycles. The Hall–Kier alpha value is -3.36. The summed E-state index contributed by atoms with van der Waals surface area (Å²) in [6.45, 7) is 3.60. The number of anilines is 1. The lowest BCUT2D eigenvalue weighted by atomic mass is 10.2. The van der Waals surface area contributed by atoms with Crippen molar-refractivity contribution in [1.82, 2.24) is 5.32 Å². The molecule has 2 N–H and O–H groups in total. The Morgan fingerprint density at radius 3 is 2.41 bits per heavy atom. The van der Waals surface area contributed by atoms with Crippen LogP contribution in [0.15, 0.2) is 83.8 Å². The molecule has 0 aromatic heterocycles. The molecule has 0 bridgehead atoms. The van der Waals surface area contributed by atoms with Gasteiger partial charge in [0.1, 0.15) is 12.4 Å². The number of rotatable bonds is 11. The first-order chi connectivity index (χ1) is 15.5. The Bertz CT molecular complexity index is 1120. The van der Waals surface area contributed by atoms with Gasteiger partial charge in [0.25, 0.3) is 15.9 Å². The molecule has 3 aromatic rings. The number of sulfonamides is 1. The second kappa shape index (κ2) is 11.3. The zero-order chi connectivity index (χ0) is 22.8. The molecule has 32 heavy (non-hydrogen) atoms. The van der Waals surface area contributed by atoms with Crippen molar-refractivity contribution in [1.29, 1.82) is 0 Å². The van der Waals surface area contributed by atoms with Crippen LogP contribution in [0.1, 0.15) is 22.8 Å². The average Bonchev–Trinajstić information content (AvgIpc) is 2.82. The Kier molecular flexibility index (Phi) is 8.24. The van der Waals surface area contributed by atoms with E-state index in [2.05, 4.69) is 10.0 Å². The monoisotopic (exact) mass is 454 g/mol. The molecule has 0 heterocycles. The molecule has 3 aromatic carbocycles. The minimum Gasteiger partial charge on any atom is -0.489 e. The molecule has 0 atom stereocenters. The van der Waals surface area contributed by atoms with Gasteiger partial charge in [0, 0.05) is 24.4 Å². The van der Waals surface area contributed by atoms with Crippen LogP contribution in [-0.4, -0.2) is 34.1 Å². The van der Waals surface area contributed by atoms with Crippen molar-refractivity contribution in [2.24, 2.45) is 0 Å². The summed E-state index contributed by atoms with van der Waals surface area (Å²) in [5.74, 6) is 0.268. The predicted octanol–water partition coefficient (Wildman–Crippen LogP) is 3.83. The fourth-order valence-electron chi connectivity index (χ4n) is 2.86. The first kappa shape index (κ1) is 23.3. The summed E-state index contributed by atoms with van der Waals surface area (Å²) >= 11 is 0. The van der Waals surface area contributed by atoms with E-state index >= 15 is 0 Å². The topological polar surface area (TPSA) is 93.7 Å². The van der Waals surface area contributed by atoms with Gasteiger partial charge in [-0.1, -0.05) is 36.4 Å². The van der Waals surface area contributed by atoms with Crippen LogP contribution < -0.4 is 14.8 Å². The lowest BCUT2D eigenvalue weighted by Crippen LogP contribution is -2.27. The molecule has 7 nitrogen and oxygen atoms in total. The van der Waals surface area contributed by atoms with Crippen LogP contribution in [-0.2, 0) is 21.4 Å². The van der Waals surface area contributed by atoms with E-state index in [1.807, 2.05) is 37.3 Å². The number of nitrogens with one attached hydrogen (secondary N) is 2. The quantitative estimate of drug-likeness (QED) is 0.430. The van der Waals surface area contributed by atoms with Crippen molar-refractivity contribution < 1.29 is 22.7 Å². The van der Waals surface area contributed by atoms with Gasteiger partial charge in [0.15, 0.2) is 0 Å². The second-order valence-electron chi connectivity index (χ2n) is 6.88. The van der Waals surface area contributed by atoms with Crippen molar-refractivity contribution in [3.63, 3.8) is 0 Å². The van der Waals surface area contributed by atoms with Crippen LogP contribution in [0, 0.1) is 0 Å². The van der Waals surface area contributed by atoms with Crippen LogP contribution in [0.2, 0.25) is 0 Å². The number of benzene rings is 3. The molecule has 1 amide bonds. The highest BCUT2D eigenvalue weighted by Gasteiger charge is 2.16. The second-order valence-corrected chi connectivity index (χ2v) is 8.57. The van der Waals surface area contributed by atoms with Gasteiger partial charge in [-0.15, -0.1) is 0 Å². The van der Waals surface area contributed by atoms with Crippen LogP contribution in [0.3, 0.4) is 0 Å². The van der Waals surface area contributed by atoms with Gasteiger partial charge in [0.2, 0.25) is 0 Å². The summed E-state index contributed by atoms with van der Waals surface area (Å²) < 4.78 is 39.0. The van der Waals surface area contributed by atoms with Crippen molar-refractivity contribution in [3.05, 3.63) is 90.0 Å². The molecule has 0 saturated heterocycles. The van der Waals surface area contributed by atoms with Crippen molar-refractivity contribution >= 4 is 21.6 Å². The fraction of sp³-hybridized carbons (Fsp3) is 0.208. The highest BCUT2D eigenvalue weighted by atomic mass is 32.2. The molecule has 0 aliphatic heterocycles. The molecular weight excluding hydrogens is 428 g/mol. The third kappa shape index (κ3) is 6.83. The molecule has 0 spiro atoms. The van der Waals surface area contributed by atoms with Gasteiger partial charge in [-0.3, -0.25) is 9.52 Å². The zero-order valence-corrected chi connectivity index (χ0v) is 18.6. The summed E-state index contributed by atoms with van der Waals surface area (Å²) in [5.41, 5.74) is 1.69. The van der Waals surface area contributed by atoms with E-state index in [0.29, 0.717) is 37.8 Å². The van der Waals surface area contributed by atoms with Crippen LogP contribution >= 0.6 is 0 Å². The van der Waals surface area contributed by atoms with Crippen molar-refractivity contribution in [3.8, 4) is 5.75 Å². The fourth-order valence-corrected chi connectivity index (χ4v) is 3.97. The van der Waals surface area contributed by atoms with Crippen LogP contribution in [0.5, 0.6) is 5.75 Å². The molecule has 0 saturated carbocycles. The maximum Gasteiger partial charge on any atom is 0.261 e. The molecular formula is C24H26N2O5S. The highest BCUT2D eigenvalue weighted by molar-refractivity contribution is 7.92. The number of carbonyl (C=O) groups is 1. The van der Waals surface area contributed by atoms with Crippen molar-refractivity contribution in [2.75, 3.05) is 24.5 Å². The largest absolute Gasteiger partial charge is 0.489 e. The van der Waals surface area contributed by atoms with Crippen LogP contribution in [0.4, 0.5) is 5.69 Å². The van der Waals surface area contributed by atoms with Gasteiger partial charge in [0.05, 0.1) is 11.5 Å². The minimum absolute atomic E-state index is 0.000590. The first-order valence-corrected chi connectivity index (χ1v) is 11.7. The molecule has 0 radical (unpaired) electrons. The number of hydrogen-bond acceptors (Lipinski definition) is 5. The van der Waals surface area contributed by atoms with E-state index < -0.39 is 10.0 Å². The zero-order valence-electron chi connectivity index (χ0n) is 17.8. The number of carbonyl (C=O) groups excluding carboxylic acids is 1. The third-order valence-electron chi connectivity index (χ3n) is 4.50. The normalized spacial score (nSPS) is 11.0. The van der Waals surface area contributed by atoms with Crippen LogP contribution in [0.25, 0.3) is 0 Å². The van der Waals surface area contributed by atoms with E-state index in [-0.39, 0.29) is 16.4 Å². The molecule has 0 fully saturated rings. The number of ether oxygens (including phenoxy) is 2. The Morgan fingerprint density at radius 1 is 0.938 bits per heavy atom. The summed E-state index contributed by atoms with van der Waals surface area (Å²) in [6.07, 6.45) is 0. The van der Waals surface area contributed by atoms with Gasteiger partial charge in [-0.05, 0) is 55.0 Å². The smallest absolute Gasteiger partial charge is 0.261 e. The summed E-state index contributed by atoms with van der Waals surface area (Å²) in [6, 6.07) is 22.3. The molecule has 0 unspecified atom stereocenters. The Balaban J connectivity index is 1.61. The molecule has 168 valence electrons. The van der Waals surface area contributed by atoms with E-state index in [4.69, 9.17) is 9.47 Å². The predicted molar refractivity (Wildman–Crippen MR) is 123 cm³/mol. The minimum atomic E-state index is -3.86. The highest BCUT2D eigenvalue weighted by Crippen LogP contribution is 2.21. The summed E-state index contributed by atoms with van der Waals surface area (Å²) in [4.78, 5) is 12.3. The summed E-state index contributed by atoms with van der Waals surface area (Å²) in [5, 5.41) is 2.70. The Morgan fingerprint density at radius 2 is 1.69 bits per heavy atom. The SMILES string of the molecule is CCOCCNC(=O)c1cccc(S(=O)(=O)Nc2ccc(OCc3ccccc3)cc2)c1. The van der Waals surface area contributed by atoms with Crippen molar-refractivity contribution in [2.45, 2.75) is 18.4 Å². The number of amides is 1. The van der Waals surface area contributed by atoms with E-state index in [9.17, 15) is 13.2 Å². The van der Waals surface area contributed by atoms with E-state index in [1.54, 1.807) is 30.3 Å². The maximum atomic E-state index is 12.8. The van der Waals surface area contributed by atoms with Gasteiger partial charge < -0.3 is 14.8 Å². The van der Waals surface area contributed by atoms with E-state index in [1.165, 1.54) is 18.2 Å². The maximum absolute atomic E-state index is 12.8. The molecule has 8 heteroatoms. The lowest BCUT2D eigenvalue weighted by molar-refractivity contribution is 0.0922. The third-order valence-corrected chi connectivity index (χ3v) is 5.88. The van der Waals surface area contributed by atoms with Gasteiger partial charge >= 0.3 is 0 Å². The first-order valence-electron chi connectivity index (χ1n) is 10.2. The van der Waals surface area contributed by atoms with E-state index in [0.717, 1.165) is 5.56 Å². The molecule has 3 rings (SSSR count). The lowest BCUT2D eigenvalue weighted by Gasteiger charge is -2.11.